The second-order valence-electron chi connectivity index (χ2n) is 4.71. The fourth-order valence-electron chi connectivity index (χ4n) is 1.92. The van der Waals surface area contributed by atoms with E-state index in [4.69, 9.17) is 4.74 Å². The van der Waals surface area contributed by atoms with Crippen LogP contribution in [0.3, 0.4) is 0 Å². The molecule has 1 fully saturated rings. The van der Waals surface area contributed by atoms with Crippen molar-refractivity contribution in [2.75, 3.05) is 33.8 Å². The lowest BCUT2D eigenvalue weighted by atomic mass is 10.2. The van der Waals surface area contributed by atoms with Crippen LogP contribution in [0.1, 0.15) is 13.8 Å². The minimum absolute atomic E-state index is 0.506. The van der Waals surface area contributed by atoms with Crippen LogP contribution in [-0.2, 0) is 4.74 Å². The average molecular weight is 264 g/mol. The number of hydrogen-bond acceptors (Lipinski definition) is 3. The molecule has 0 N–H and O–H groups in total. The molecule has 0 aromatic rings. The molecule has 0 spiro atoms. The Morgan fingerprint density at radius 1 is 1.26 bits per heavy atom. The van der Waals surface area contributed by atoms with Crippen LogP contribution in [0.15, 0.2) is 49.4 Å². The normalized spacial score (nSPS) is 19.6. The summed E-state index contributed by atoms with van der Waals surface area (Å²) in [5.41, 5.74) is 1.03. The van der Waals surface area contributed by atoms with Gasteiger partial charge in [-0.3, -0.25) is 0 Å². The zero-order chi connectivity index (χ0) is 14.8. The maximum absolute atomic E-state index is 4.98. The molecular weight excluding hydrogens is 236 g/mol. The number of rotatable bonds is 4. The smallest absolute Gasteiger partial charge is 0.111 e. The van der Waals surface area contributed by atoms with Gasteiger partial charge in [0.15, 0.2) is 0 Å². The van der Waals surface area contributed by atoms with Crippen molar-refractivity contribution >= 4 is 0 Å². The monoisotopic (exact) mass is 264 g/mol. The van der Waals surface area contributed by atoms with Crippen LogP contribution in [0.2, 0.25) is 0 Å². The van der Waals surface area contributed by atoms with Gasteiger partial charge < -0.3 is 14.5 Å². The zero-order valence-electron chi connectivity index (χ0n) is 12.9. The Morgan fingerprint density at radius 2 is 1.84 bits per heavy atom. The Morgan fingerprint density at radius 3 is 2.32 bits per heavy atom. The molecule has 0 aromatic carbocycles. The van der Waals surface area contributed by atoms with Crippen molar-refractivity contribution in [1.29, 1.82) is 0 Å². The van der Waals surface area contributed by atoms with Crippen LogP contribution >= 0.6 is 0 Å². The van der Waals surface area contributed by atoms with Crippen LogP contribution in [0.5, 0.6) is 0 Å². The van der Waals surface area contributed by atoms with E-state index in [0.717, 1.165) is 25.3 Å². The van der Waals surface area contributed by atoms with Gasteiger partial charge in [0, 0.05) is 31.4 Å². The van der Waals surface area contributed by atoms with Crippen molar-refractivity contribution in [2.24, 2.45) is 0 Å². The Kier molecular flexibility index (Phi) is 8.71. The lowest BCUT2D eigenvalue weighted by Crippen LogP contribution is -2.49. The number of likely N-dealkylation sites (N-methyl/N-ethyl adjacent to an activating group) is 1. The summed E-state index contributed by atoms with van der Waals surface area (Å²) in [7, 11) is 3.77. The summed E-state index contributed by atoms with van der Waals surface area (Å²) in [6.45, 7) is 18.5. The Balaban J connectivity index is 0.000000982. The quantitative estimate of drug-likeness (QED) is 0.441. The standard InChI is InChI=1S/C13H22N2O.C3H6/c1-11(6-7-13(3)16-5)15-9-8-14(4)10-12(15)2;1-3-2/h6-7,12H,1,3,8-10H2,2,4-5H3;3H,1H2,2H3/b7-6-;. The summed E-state index contributed by atoms with van der Waals surface area (Å²) in [5.74, 6) is 0.655. The number of piperazine rings is 1. The molecule has 0 saturated carbocycles. The second kappa shape index (κ2) is 9.45. The van der Waals surface area contributed by atoms with Gasteiger partial charge in [0.05, 0.1) is 7.11 Å². The van der Waals surface area contributed by atoms with Gasteiger partial charge in [0.2, 0.25) is 0 Å². The number of hydrogen-bond donors (Lipinski definition) is 0. The molecule has 1 aliphatic heterocycles. The summed E-state index contributed by atoms with van der Waals surface area (Å²) in [6, 6.07) is 0.506. The minimum atomic E-state index is 0.506. The lowest BCUT2D eigenvalue weighted by Gasteiger charge is -2.40. The predicted octanol–water partition coefficient (Wildman–Crippen LogP) is 3.04. The summed E-state index contributed by atoms with van der Waals surface area (Å²) < 4.78 is 4.98. The van der Waals surface area contributed by atoms with E-state index in [1.54, 1.807) is 13.2 Å². The van der Waals surface area contributed by atoms with E-state index >= 15 is 0 Å². The van der Waals surface area contributed by atoms with E-state index in [9.17, 15) is 0 Å². The van der Waals surface area contributed by atoms with Gasteiger partial charge in [-0.15, -0.1) is 6.58 Å². The van der Waals surface area contributed by atoms with E-state index in [1.807, 2.05) is 19.1 Å². The minimum Gasteiger partial charge on any atom is -0.497 e. The Bertz CT molecular complexity index is 334. The van der Waals surface area contributed by atoms with Crippen molar-refractivity contribution in [3.8, 4) is 0 Å². The van der Waals surface area contributed by atoms with Gasteiger partial charge in [-0.1, -0.05) is 19.2 Å². The first-order chi connectivity index (χ1) is 8.96. The van der Waals surface area contributed by atoms with Gasteiger partial charge >= 0.3 is 0 Å². The average Bonchev–Trinajstić information content (AvgIpc) is 2.36. The fourth-order valence-corrected chi connectivity index (χ4v) is 1.92. The molecule has 1 heterocycles. The third kappa shape index (κ3) is 6.87. The van der Waals surface area contributed by atoms with Gasteiger partial charge in [0.1, 0.15) is 5.76 Å². The molecule has 1 atom stereocenters. The molecule has 1 unspecified atom stereocenters. The largest absolute Gasteiger partial charge is 0.497 e. The molecule has 0 aliphatic carbocycles. The number of methoxy groups -OCH3 is 1. The van der Waals surface area contributed by atoms with Crippen molar-refractivity contribution in [1.82, 2.24) is 9.80 Å². The van der Waals surface area contributed by atoms with Crippen molar-refractivity contribution < 1.29 is 4.74 Å². The third-order valence-electron chi connectivity index (χ3n) is 2.92. The molecular formula is C16H28N2O. The molecule has 108 valence electrons. The van der Waals surface area contributed by atoms with Crippen LogP contribution in [0.25, 0.3) is 0 Å². The highest BCUT2D eigenvalue weighted by Crippen LogP contribution is 2.14. The number of nitrogens with zero attached hydrogens (tertiary/aromatic N) is 2. The lowest BCUT2D eigenvalue weighted by molar-refractivity contribution is 0.136. The molecule has 1 aliphatic rings. The van der Waals surface area contributed by atoms with E-state index in [1.165, 1.54) is 0 Å². The second-order valence-corrected chi connectivity index (χ2v) is 4.71. The highest BCUT2D eigenvalue weighted by atomic mass is 16.5. The fraction of sp³-hybridized carbons (Fsp3) is 0.500. The molecule has 0 amide bonds. The van der Waals surface area contributed by atoms with Crippen LogP contribution in [0.4, 0.5) is 0 Å². The molecule has 0 bridgehead atoms. The van der Waals surface area contributed by atoms with Crippen molar-refractivity contribution in [3.63, 3.8) is 0 Å². The van der Waals surface area contributed by atoms with E-state index in [2.05, 4.69) is 43.5 Å². The molecule has 0 aromatic heterocycles. The highest BCUT2D eigenvalue weighted by Gasteiger charge is 2.21. The van der Waals surface area contributed by atoms with E-state index in [-0.39, 0.29) is 0 Å². The van der Waals surface area contributed by atoms with Gasteiger partial charge in [-0.2, -0.15) is 0 Å². The first-order valence-electron chi connectivity index (χ1n) is 6.58. The molecule has 19 heavy (non-hydrogen) atoms. The topological polar surface area (TPSA) is 15.7 Å². The Labute approximate surface area is 118 Å². The Hall–Kier alpha value is -1.48. The summed E-state index contributed by atoms with van der Waals surface area (Å²) in [6.07, 6.45) is 5.57. The van der Waals surface area contributed by atoms with Crippen molar-refractivity contribution in [2.45, 2.75) is 19.9 Å². The van der Waals surface area contributed by atoms with E-state index in [0.29, 0.717) is 11.8 Å². The molecule has 0 radical (unpaired) electrons. The van der Waals surface area contributed by atoms with Crippen molar-refractivity contribution in [3.05, 3.63) is 49.4 Å². The zero-order valence-corrected chi connectivity index (χ0v) is 12.9. The summed E-state index contributed by atoms with van der Waals surface area (Å²) in [5, 5.41) is 0. The SMILES string of the molecule is C=C(/C=C\C(=C)N1CCN(C)CC1C)OC.C=CC. The van der Waals surface area contributed by atoms with Crippen LogP contribution < -0.4 is 0 Å². The first kappa shape index (κ1) is 17.5. The third-order valence-corrected chi connectivity index (χ3v) is 2.92. The van der Waals surface area contributed by atoms with Gasteiger partial charge in [0.25, 0.3) is 0 Å². The number of allylic oxidation sites excluding steroid dienone is 3. The highest BCUT2D eigenvalue weighted by molar-refractivity contribution is 5.21. The maximum Gasteiger partial charge on any atom is 0.111 e. The summed E-state index contributed by atoms with van der Waals surface area (Å²) in [4.78, 5) is 4.66. The van der Waals surface area contributed by atoms with E-state index < -0.39 is 0 Å². The first-order valence-corrected chi connectivity index (χ1v) is 6.58. The van der Waals surface area contributed by atoms with Gasteiger partial charge in [-0.25, -0.2) is 0 Å². The van der Waals surface area contributed by atoms with Gasteiger partial charge in [-0.05, 0) is 33.0 Å². The van der Waals surface area contributed by atoms with Crippen LogP contribution in [-0.4, -0.2) is 49.6 Å². The molecule has 3 nitrogen and oxygen atoms in total. The maximum atomic E-state index is 4.98. The summed E-state index contributed by atoms with van der Waals surface area (Å²) >= 11 is 0. The molecule has 1 rings (SSSR count). The molecule has 1 saturated heterocycles. The number of ether oxygens (including phenoxy) is 1. The predicted molar refractivity (Wildman–Crippen MR) is 84.0 cm³/mol. The van der Waals surface area contributed by atoms with Crippen LogP contribution in [0, 0.1) is 0 Å². The molecule has 3 heteroatoms.